The Bertz CT molecular complexity index is 2530. The summed E-state index contributed by atoms with van der Waals surface area (Å²) in [4.78, 5) is 35.1. The van der Waals surface area contributed by atoms with Crippen LogP contribution in [0.2, 0.25) is 5.02 Å². The normalized spacial score (nSPS) is 13.3. The quantitative estimate of drug-likeness (QED) is 0.0558. The Balaban J connectivity index is 0.000000187. The fourth-order valence-electron chi connectivity index (χ4n) is 6.47. The van der Waals surface area contributed by atoms with Gasteiger partial charge in [-0.05, 0) is 85.1 Å². The number of hydrogen-bond donors (Lipinski definition) is 5. The summed E-state index contributed by atoms with van der Waals surface area (Å²) in [6.07, 6.45) is 4.99. The maximum Gasteiger partial charge on any atom is 0.247 e. The van der Waals surface area contributed by atoms with Crippen molar-refractivity contribution in [1.82, 2.24) is 29.8 Å². The molecule has 59 heavy (non-hydrogen) atoms. The second kappa shape index (κ2) is 19.2. The number of aromatic amines is 1. The van der Waals surface area contributed by atoms with E-state index >= 15 is 0 Å². The van der Waals surface area contributed by atoms with Gasteiger partial charge < -0.3 is 35.5 Å². The number of benzene rings is 4. The van der Waals surface area contributed by atoms with Crippen molar-refractivity contribution in [2.45, 2.75) is 19.4 Å². The van der Waals surface area contributed by atoms with Gasteiger partial charge in [0, 0.05) is 48.5 Å². The van der Waals surface area contributed by atoms with Gasteiger partial charge in [-0.1, -0.05) is 48.5 Å². The topological polar surface area (TPSA) is 162 Å². The minimum Gasteiger partial charge on any atom is -0.508 e. The van der Waals surface area contributed by atoms with Gasteiger partial charge in [0.25, 0.3) is 0 Å². The number of rotatable bonds is 13. The number of phenolic OH excluding ortho intramolecular Hbond substituents is 1. The van der Waals surface area contributed by atoms with Crippen molar-refractivity contribution in [2.75, 3.05) is 55.4 Å². The average molecular weight is 816 g/mol. The zero-order valence-corrected chi connectivity index (χ0v) is 33.0. The molecule has 1 amide bonds. The molecule has 4 aromatic carbocycles. The number of hydrogen-bond acceptors (Lipinski definition) is 11. The van der Waals surface area contributed by atoms with Crippen LogP contribution in [0.4, 0.5) is 27.4 Å². The molecule has 5 N–H and O–H groups in total. The van der Waals surface area contributed by atoms with Gasteiger partial charge in [-0.15, -0.1) is 0 Å². The van der Waals surface area contributed by atoms with Gasteiger partial charge in [-0.2, -0.15) is 0 Å². The Kier molecular flexibility index (Phi) is 13.2. The number of carbonyl (C=O) groups excluding carboxylic acids is 1. The number of ether oxygens (including phenoxy) is 2. The van der Waals surface area contributed by atoms with Crippen LogP contribution in [0, 0.1) is 5.82 Å². The van der Waals surface area contributed by atoms with Gasteiger partial charge in [0.1, 0.15) is 47.3 Å². The molecule has 4 heterocycles. The zero-order valence-electron chi connectivity index (χ0n) is 32.3. The van der Waals surface area contributed by atoms with Crippen LogP contribution in [0.1, 0.15) is 24.9 Å². The minimum absolute atomic E-state index is 0.00457. The molecule has 15 heteroatoms. The van der Waals surface area contributed by atoms with Crippen LogP contribution in [-0.2, 0) is 9.53 Å². The molecule has 1 aliphatic rings. The van der Waals surface area contributed by atoms with Crippen molar-refractivity contribution in [3.8, 4) is 22.8 Å². The first-order valence-electron chi connectivity index (χ1n) is 19.1. The van der Waals surface area contributed by atoms with Crippen LogP contribution in [0.5, 0.6) is 11.5 Å². The average Bonchev–Trinajstić information content (AvgIpc) is 3.71. The molecule has 0 saturated carbocycles. The highest BCUT2D eigenvalue weighted by Gasteiger charge is 2.16. The first-order valence-corrected chi connectivity index (χ1v) is 19.4. The van der Waals surface area contributed by atoms with Crippen LogP contribution in [-0.4, -0.2) is 80.3 Å². The molecule has 1 atom stereocenters. The number of phenols is 1. The highest BCUT2D eigenvalue weighted by molar-refractivity contribution is 6.31. The van der Waals surface area contributed by atoms with Gasteiger partial charge in [-0.3, -0.25) is 9.69 Å². The second-order valence-corrected chi connectivity index (χ2v) is 14.1. The number of carbonyl (C=O) groups is 1. The number of halogens is 2. The summed E-state index contributed by atoms with van der Waals surface area (Å²) in [7, 11) is 0. The number of fused-ring (bicyclic) bond motifs is 2. The van der Waals surface area contributed by atoms with E-state index < -0.39 is 5.82 Å². The maximum atomic E-state index is 13.5. The molecular formula is C44H43ClFN9O4. The Morgan fingerprint density at radius 3 is 2.51 bits per heavy atom. The third kappa shape index (κ3) is 10.5. The first-order chi connectivity index (χ1) is 28.7. The standard InChI is InChI=1S/C24H25ClFN5O3.C20H18N4O/c1-2-23(32)30-21-13-17-20(14-22(21)34-9-3-6-31-7-10-33-11-8-31)27-15-28-24(17)29-16-4-5-19(26)18(25)12-16;1-13(14-5-3-2-4-6-14)23-19-17-11-18(24-20(17)22-12-21-19)15-7-9-16(25)10-8-15/h2,4-5,12-15H,1,3,6-11H2,(H,30,32)(H,27,28,29);2-13,25H,1H3,(H2,21,22,23,24)/t;13-/m.1/s1. The number of amides is 1. The maximum absolute atomic E-state index is 13.5. The number of anilines is 4. The summed E-state index contributed by atoms with van der Waals surface area (Å²) in [5.74, 6) is 1.14. The Hall–Kier alpha value is -6.61. The second-order valence-electron chi connectivity index (χ2n) is 13.7. The lowest BCUT2D eigenvalue weighted by molar-refractivity contribution is -0.111. The van der Waals surface area contributed by atoms with Gasteiger partial charge in [-0.25, -0.2) is 24.3 Å². The molecule has 1 saturated heterocycles. The molecule has 7 aromatic rings. The molecule has 0 radical (unpaired) electrons. The molecule has 1 fully saturated rings. The molecular weight excluding hydrogens is 773 g/mol. The molecule has 1 aliphatic heterocycles. The van der Waals surface area contributed by atoms with Crippen LogP contribution in [0.15, 0.2) is 116 Å². The van der Waals surface area contributed by atoms with E-state index in [1.807, 2.05) is 36.4 Å². The van der Waals surface area contributed by atoms with Crippen molar-refractivity contribution < 1.29 is 23.8 Å². The lowest BCUT2D eigenvalue weighted by Gasteiger charge is -2.26. The number of nitrogens with zero attached hydrogens (tertiary/aromatic N) is 5. The summed E-state index contributed by atoms with van der Waals surface area (Å²) in [6, 6.07) is 27.3. The van der Waals surface area contributed by atoms with E-state index in [1.54, 1.807) is 36.7 Å². The molecule has 3 aromatic heterocycles. The summed E-state index contributed by atoms with van der Waals surface area (Å²) in [5, 5.41) is 20.4. The third-order valence-electron chi connectivity index (χ3n) is 9.60. The van der Waals surface area contributed by atoms with Crippen molar-refractivity contribution >= 4 is 62.5 Å². The SMILES string of the molecule is C=CC(=O)Nc1cc2c(Nc3ccc(F)c(Cl)c3)ncnc2cc1OCCCN1CCOCC1.C[C@@H](Nc1ncnc2[nH]c(-c3ccc(O)cc3)cc12)c1ccccc1. The number of morpholine rings is 1. The molecule has 0 unspecified atom stereocenters. The summed E-state index contributed by atoms with van der Waals surface area (Å²) < 4.78 is 24.9. The van der Waals surface area contributed by atoms with Crippen LogP contribution in [0.25, 0.3) is 33.2 Å². The lowest BCUT2D eigenvalue weighted by Crippen LogP contribution is -2.37. The fraction of sp³-hybridized carbons (Fsp3) is 0.205. The van der Waals surface area contributed by atoms with Crippen molar-refractivity contribution in [2.24, 2.45) is 0 Å². The number of aromatic nitrogens is 5. The predicted molar refractivity (Wildman–Crippen MR) is 230 cm³/mol. The Morgan fingerprint density at radius 2 is 1.75 bits per heavy atom. The molecule has 13 nitrogen and oxygen atoms in total. The molecule has 0 aliphatic carbocycles. The fourth-order valence-corrected chi connectivity index (χ4v) is 6.65. The van der Waals surface area contributed by atoms with E-state index in [9.17, 15) is 14.3 Å². The summed E-state index contributed by atoms with van der Waals surface area (Å²) in [6.45, 7) is 10.4. The highest BCUT2D eigenvalue weighted by Crippen LogP contribution is 2.34. The largest absolute Gasteiger partial charge is 0.508 e. The highest BCUT2D eigenvalue weighted by atomic mass is 35.5. The van der Waals surface area contributed by atoms with E-state index in [1.165, 1.54) is 30.1 Å². The smallest absolute Gasteiger partial charge is 0.247 e. The number of aromatic hydroxyl groups is 1. The van der Waals surface area contributed by atoms with Crippen molar-refractivity contribution in [3.05, 3.63) is 133 Å². The Labute approximate surface area is 345 Å². The first kappa shape index (κ1) is 40.6. The van der Waals surface area contributed by atoms with Gasteiger partial charge in [0.2, 0.25) is 5.91 Å². The predicted octanol–water partition coefficient (Wildman–Crippen LogP) is 8.90. The monoisotopic (exact) mass is 815 g/mol. The van der Waals surface area contributed by atoms with E-state index in [0.29, 0.717) is 40.5 Å². The van der Waals surface area contributed by atoms with Crippen molar-refractivity contribution in [3.63, 3.8) is 0 Å². The Morgan fingerprint density at radius 1 is 0.983 bits per heavy atom. The van der Waals surface area contributed by atoms with E-state index in [0.717, 1.165) is 67.4 Å². The zero-order chi connectivity index (χ0) is 41.1. The summed E-state index contributed by atoms with van der Waals surface area (Å²) >= 11 is 5.90. The van der Waals surface area contributed by atoms with Crippen LogP contribution >= 0.6 is 11.6 Å². The van der Waals surface area contributed by atoms with Crippen LogP contribution < -0.4 is 20.7 Å². The number of H-pyrrole nitrogens is 1. The molecule has 0 spiro atoms. The number of nitrogens with one attached hydrogen (secondary N) is 4. The summed E-state index contributed by atoms with van der Waals surface area (Å²) in [5.41, 5.74) is 5.55. The molecule has 8 rings (SSSR count). The third-order valence-corrected chi connectivity index (χ3v) is 9.89. The van der Waals surface area contributed by atoms with Crippen molar-refractivity contribution in [1.29, 1.82) is 0 Å². The van der Waals surface area contributed by atoms with E-state index in [2.05, 4.69) is 71.4 Å². The molecule has 0 bridgehead atoms. The molecule has 302 valence electrons. The van der Waals surface area contributed by atoms with E-state index in [4.69, 9.17) is 21.1 Å². The van der Waals surface area contributed by atoms with E-state index in [-0.39, 0.29) is 22.7 Å². The van der Waals surface area contributed by atoms with Crippen LogP contribution in [0.3, 0.4) is 0 Å². The lowest BCUT2D eigenvalue weighted by atomic mass is 10.1. The van der Waals surface area contributed by atoms with Gasteiger partial charge in [0.05, 0.1) is 41.4 Å². The van der Waals surface area contributed by atoms with Gasteiger partial charge >= 0.3 is 0 Å². The minimum atomic E-state index is -0.510. The van der Waals surface area contributed by atoms with Gasteiger partial charge in [0.15, 0.2) is 0 Å².